The first-order valence-electron chi connectivity index (χ1n) is 8.88. The molecular weight excluding hydrogens is 342 g/mol. The third-order valence-corrected chi connectivity index (χ3v) is 4.14. The zero-order valence-electron chi connectivity index (χ0n) is 16.8. The van der Waals surface area contributed by atoms with Gasteiger partial charge in [0.15, 0.2) is 17.5 Å². The topological polar surface area (TPSA) is 55.3 Å². The van der Waals surface area contributed by atoms with Gasteiger partial charge in [-0.15, -0.1) is 0 Å². The Morgan fingerprint density at radius 2 is 1.63 bits per heavy atom. The molecule has 0 heterocycles. The number of guanidine groups is 1. The molecule has 146 valence electrons. The lowest BCUT2D eigenvalue weighted by Gasteiger charge is -2.19. The van der Waals surface area contributed by atoms with Crippen molar-refractivity contribution in [1.82, 2.24) is 10.2 Å². The molecule has 2 rings (SSSR count). The van der Waals surface area contributed by atoms with Crippen molar-refractivity contribution < 1.29 is 14.2 Å². The lowest BCUT2D eigenvalue weighted by atomic mass is 10.1. The lowest BCUT2D eigenvalue weighted by molar-refractivity contribution is 0.322. The summed E-state index contributed by atoms with van der Waals surface area (Å²) in [6, 6.07) is 14.1. The van der Waals surface area contributed by atoms with Crippen LogP contribution in [0, 0.1) is 0 Å². The van der Waals surface area contributed by atoms with Crippen molar-refractivity contribution in [3.05, 3.63) is 53.6 Å². The van der Waals surface area contributed by atoms with Gasteiger partial charge in [-0.3, -0.25) is 0 Å². The highest BCUT2D eigenvalue weighted by Gasteiger charge is 2.15. The number of benzene rings is 2. The number of ether oxygens (including phenoxy) is 3. The van der Waals surface area contributed by atoms with Crippen LogP contribution in [0.4, 0.5) is 0 Å². The minimum atomic E-state index is 0.614. The lowest BCUT2D eigenvalue weighted by Crippen LogP contribution is -2.37. The van der Waals surface area contributed by atoms with Crippen LogP contribution in [-0.2, 0) is 13.0 Å². The second-order valence-corrected chi connectivity index (χ2v) is 6.19. The van der Waals surface area contributed by atoms with Crippen LogP contribution < -0.4 is 19.5 Å². The van der Waals surface area contributed by atoms with Gasteiger partial charge in [-0.05, 0) is 18.1 Å². The van der Waals surface area contributed by atoms with Crippen LogP contribution in [0.15, 0.2) is 47.5 Å². The molecule has 0 aliphatic rings. The fourth-order valence-corrected chi connectivity index (χ4v) is 2.77. The first-order chi connectivity index (χ1) is 13.1. The Morgan fingerprint density at radius 3 is 2.22 bits per heavy atom. The summed E-state index contributed by atoms with van der Waals surface area (Å²) in [5.74, 6) is 2.82. The van der Waals surface area contributed by atoms with Gasteiger partial charge in [0.25, 0.3) is 0 Å². The van der Waals surface area contributed by atoms with Gasteiger partial charge in [0.1, 0.15) is 0 Å². The number of hydrogen-bond acceptors (Lipinski definition) is 4. The summed E-state index contributed by atoms with van der Waals surface area (Å²) >= 11 is 0. The molecule has 0 aliphatic carbocycles. The largest absolute Gasteiger partial charge is 0.493 e. The van der Waals surface area contributed by atoms with Crippen molar-refractivity contribution in [2.75, 3.05) is 42.0 Å². The molecular formula is C21H29N3O3. The third kappa shape index (κ3) is 5.54. The highest BCUT2D eigenvalue weighted by atomic mass is 16.5. The number of methoxy groups -OCH3 is 3. The molecule has 0 bridgehead atoms. The maximum Gasteiger partial charge on any atom is 0.203 e. The molecule has 2 aromatic carbocycles. The van der Waals surface area contributed by atoms with Crippen molar-refractivity contribution >= 4 is 5.96 Å². The van der Waals surface area contributed by atoms with Gasteiger partial charge < -0.3 is 24.4 Å². The molecule has 0 saturated carbocycles. The normalized spacial score (nSPS) is 11.1. The standard InChI is InChI=1S/C21H29N3O3/c1-24(2)21(23-15-16-9-7-6-8-10-16)22-14-13-17-11-12-18(25-3)20(27-5)19(17)26-4/h6-12H,13-15H2,1-5H3,(H,22,23). The maximum atomic E-state index is 5.55. The van der Waals surface area contributed by atoms with E-state index in [9.17, 15) is 0 Å². The maximum absolute atomic E-state index is 5.55. The number of aliphatic imine (C=N–C) groups is 1. The molecule has 2 aromatic rings. The van der Waals surface area contributed by atoms with E-state index in [1.54, 1.807) is 21.3 Å². The van der Waals surface area contributed by atoms with E-state index in [1.165, 1.54) is 5.56 Å². The Kier molecular flexibility index (Phi) is 7.79. The molecule has 0 atom stereocenters. The van der Waals surface area contributed by atoms with Crippen LogP contribution >= 0.6 is 0 Å². The summed E-state index contributed by atoms with van der Waals surface area (Å²) < 4.78 is 16.3. The smallest absolute Gasteiger partial charge is 0.203 e. The molecule has 0 saturated heterocycles. The monoisotopic (exact) mass is 371 g/mol. The number of rotatable bonds is 8. The Labute approximate surface area is 161 Å². The predicted octanol–water partition coefficient (Wildman–Crippen LogP) is 2.96. The second-order valence-electron chi connectivity index (χ2n) is 6.19. The molecule has 0 spiro atoms. The fraction of sp³-hybridized carbons (Fsp3) is 0.381. The van der Waals surface area contributed by atoms with Crippen LogP contribution in [0.2, 0.25) is 0 Å². The third-order valence-electron chi connectivity index (χ3n) is 4.14. The second kappa shape index (κ2) is 10.3. The van der Waals surface area contributed by atoms with Crippen LogP contribution in [0.25, 0.3) is 0 Å². The number of hydrogen-bond donors (Lipinski definition) is 1. The molecule has 0 aromatic heterocycles. The Hall–Kier alpha value is -2.89. The average molecular weight is 371 g/mol. The van der Waals surface area contributed by atoms with Crippen molar-refractivity contribution in [1.29, 1.82) is 0 Å². The van der Waals surface area contributed by atoms with E-state index in [4.69, 9.17) is 14.2 Å². The minimum Gasteiger partial charge on any atom is -0.493 e. The first-order valence-corrected chi connectivity index (χ1v) is 8.88. The molecule has 0 fully saturated rings. The summed E-state index contributed by atoms with van der Waals surface area (Å²) in [6.45, 7) is 1.36. The van der Waals surface area contributed by atoms with E-state index in [0.717, 1.165) is 24.5 Å². The quantitative estimate of drug-likeness (QED) is 0.571. The summed E-state index contributed by atoms with van der Waals surface area (Å²) in [6.07, 6.45) is 0.766. The molecule has 0 amide bonds. The summed E-state index contributed by atoms with van der Waals surface area (Å²) in [5.41, 5.74) is 2.23. The van der Waals surface area contributed by atoms with Gasteiger partial charge >= 0.3 is 0 Å². The van der Waals surface area contributed by atoms with Crippen LogP contribution in [0.3, 0.4) is 0 Å². The molecule has 6 heteroatoms. The van der Waals surface area contributed by atoms with E-state index in [0.29, 0.717) is 23.8 Å². The average Bonchev–Trinajstić information content (AvgIpc) is 2.70. The van der Waals surface area contributed by atoms with Crippen LogP contribution in [0.5, 0.6) is 17.2 Å². The fourth-order valence-electron chi connectivity index (χ4n) is 2.77. The van der Waals surface area contributed by atoms with Crippen LogP contribution in [-0.4, -0.2) is 52.8 Å². The summed E-state index contributed by atoms with van der Waals surface area (Å²) in [7, 11) is 8.83. The van der Waals surface area contributed by atoms with Gasteiger partial charge in [-0.25, -0.2) is 4.99 Å². The van der Waals surface area contributed by atoms with Crippen LogP contribution in [0.1, 0.15) is 11.1 Å². The molecule has 0 unspecified atom stereocenters. The summed E-state index contributed by atoms with van der Waals surface area (Å²) in [5, 5.41) is 3.40. The van der Waals surface area contributed by atoms with E-state index in [2.05, 4.69) is 22.4 Å². The Bertz CT molecular complexity index is 746. The van der Waals surface area contributed by atoms with Gasteiger partial charge in [0, 0.05) is 26.2 Å². The molecule has 0 aliphatic heterocycles. The molecule has 1 N–H and O–H groups in total. The Morgan fingerprint density at radius 1 is 0.926 bits per heavy atom. The van der Waals surface area contributed by atoms with Crippen molar-refractivity contribution in [2.24, 2.45) is 4.99 Å². The molecule has 0 radical (unpaired) electrons. The zero-order valence-corrected chi connectivity index (χ0v) is 16.8. The zero-order chi connectivity index (χ0) is 19.6. The Balaban J connectivity index is 2.04. The first kappa shape index (κ1) is 20.4. The summed E-state index contributed by atoms with van der Waals surface area (Å²) in [4.78, 5) is 6.66. The SMILES string of the molecule is COc1ccc(CCNC(=NCc2ccccc2)N(C)C)c(OC)c1OC. The highest BCUT2D eigenvalue weighted by molar-refractivity contribution is 5.79. The molecule has 27 heavy (non-hydrogen) atoms. The number of nitrogens with one attached hydrogen (secondary N) is 1. The van der Waals surface area contributed by atoms with Gasteiger partial charge in [-0.1, -0.05) is 36.4 Å². The highest BCUT2D eigenvalue weighted by Crippen LogP contribution is 2.39. The molecule has 6 nitrogen and oxygen atoms in total. The van der Waals surface area contributed by atoms with Crippen molar-refractivity contribution in [3.8, 4) is 17.2 Å². The predicted molar refractivity (Wildman–Crippen MR) is 109 cm³/mol. The van der Waals surface area contributed by atoms with Crippen molar-refractivity contribution in [3.63, 3.8) is 0 Å². The van der Waals surface area contributed by atoms with E-state index in [-0.39, 0.29) is 0 Å². The van der Waals surface area contributed by atoms with Gasteiger partial charge in [0.05, 0.1) is 27.9 Å². The van der Waals surface area contributed by atoms with Gasteiger partial charge in [0.2, 0.25) is 5.75 Å². The van der Waals surface area contributed by atoms with E-state index >= 15 is 0 Å². The van der Waals surface area contributed by atoms with E-state index < -0.39 is 0 Å². The van der Waals surface area contributed by atoms with Crippen molar-refractivity contribution in [2.45, 2.75) is 13.0 Å². The number of nitrogens with zero attached hydrogens (tertiary/aromatic N) is 2. The minimum absolute atomic E-state index is 0.614. The van der Waals surface area contributed by atoms with Gasteiger partial charge in [-0.2, -0.15) is 0 Å². The van der Waals surface area contributed by atoms with E-state index in [1.807, 2.05) is 49.3 Å².